The van der Waals surface area contributed by atoms with Crippen LogP contribution in [0.25, 0.3) is 34.4 Å². The van der Waals surface area contributed by atoms with Gasteiger partial charge < -0.3 is 14.6 Å². The highest BCUT2D eigenvalue weighted by molar-refractivity contribution is 8.26. The number of Topliss-reactive ketones (excluding diaryl/α,β-unsaturated/α-hetero) is 1. The lowest BCUT2D eigenvalue weighted by atomic mass is 10.1. The van der Waals surface area contributed by atoms with Crippen LogP contribution >= 0.6 is 47.5 Å². The number of non-ortho nitro benzene ring substituents is 1. The quantitative estimate of drug-likeness (QED) is 0.0209. The Labute approximate surface area is 707 Å². The highest BCUT2D eigenvalue weighted by Gasteiger charge is 2.41. The average molecular weight is 1680 g/mol. The highest BCUT2D eigenvalue weighted by atomic mass is 32.2. The molecule has 2 atom stereocenters. The zero-order chi connectivity index (χ0) is 85.0. The monoisotopic (exact) mass is 1680 g/mol. The molecule has 5 aliphatic heterocycles. The van der Waals surface area contributed by atoms with Crippen LogP contribution in [0.2, 0.25) is 0 Å². The predicted molar refractivity (Wildman–Crippen MR) is 476 cm³/mol. The fourth-order valence-corrected chi connectivity index (χ4v) is 15.5. The number of hydrogen-bond acceptors (Lipinski definition) is 25. The van der Waals surface area contributed by atoms with Crippen molar-refractivity contribution in [3.63, 3.8) is 0 Å². The summed E-state index contributed by atoms with van der Waals surface area (Å²) in [6.07, 6.45) is 12.6. The zero-order valence-corrected chi connectivity index (χ0v) is 68.5. The van der Waals surface area contributed by atoms with Gasteiger partial charge in [0.05, 0.1) is 77.4 Å². The number of allylic oxidation sites excluding steroid dienone is 1. The number of anilines is 4. The van der Waals surface area contributed by atoms with Crippen LogP contribution in [0.3, 0.4) is 0 Å². The molecule has 30 heteroatoms. The van der Waals surface area contributed by atoms with Gasteiger partial charge in [-0.2, -0.15) is 25.4 Å². The lowest BCUT2D eigenvalue weighted by Gasteiger charge is -2.23. The Morgan fingerprint density at radius 1 is 0.683 bits per heavy atom. The van der Waals surface area contributed by atoms with Crippen molar-refractivity contribution in [3.05, 3.63) is 366 Å². The molecule has 5 aliphatic rings. The number of phenolic OH excluding ortho intramolecular Hbond substituents is 1. The second kappa shape index (κ2) is 39.4. The number of aromatic nitrogens is 2. The van der Waals surface area contributed by atoms with Crippen molar-refractivity contribution in [3.8, 4) is 17.1 Å². The molecule has 26 nitrogen and oxygen atoms in total. The van der Waals surface area contributed by atoms with E-state index in [0.717, 1.165) is 81.4 Å². The SMILES string of the molecule is CC1(O)CC(=O)N(c2ccccc2)O1.CC1(c2ccc([N+](=O)[O-])cc2)NN=C(Cc2ccccc2)S1.CC1=NN(c2ccccc2)C(=O)/C1=C\N(O)c1ccccc1.CN1C(=O)/C(=C/c2ccc(-c3ccccc3[N+](=O)[O-])o2)SC1=S.Cc1cc(/C=N/Nc2cccc3cccnc23)cc(C)c1O.O=C1/C(=C/c2cccnc2)Sc2ccccc21. The minimum atomic E-state index is -1.38. The first-order valence-electron chi connectivity index (χ1n) is 37.0. The van der Waals surface area contributed by atoms with E-state index in [4.69, 9.17) is 21.5 Å². The van der Waals surface area contributed by atoms with E-state index in [1.807, 2.05) is 179 Å². The number of hydroxylamine groups is 2. The third-order valence-electron chi connectivity index (χ3n) is 18.2. The number of nitrogens with one attached hydrogen (secondary N) is 2. The number of phenols is 1. The van der Waals surface area contributed by atoms with Crippen molar-refractivity contribution >= 4 is 149 Å². The maximum absolute atomic E-state index is 12.5. The minimum absolute atomic E-state index is 0.0120. The van der Waals surface area contributed by atoms with Crippen LogP contribution in [0.4, 0.5) is 34.1 Å². The third-order valence-corrected chi connectivity index (χ3v) is 22.0. The normalized spacial score (nSPS) is 17.3. The topological polar surface area (TPSA) is 337 Å². The number of fused-ring (bicyclic) bond motifs is 2. The molecule has 0 saturated carbocycles. The Hall–Kier alpha value is -13.9. The van der Waals surface area contributed by atoms with E-state index in [0.29, 0.717) is 60.4 Å². The van der Waals surface area contributed by atoms with Crippen LogP contribution in [-0.2, 0) is 30.5 Å². The summed E-state index contributed by atoms with van der Waals surface area (Å²) >= 11 is 9.42. The first kappa shape index (κ1) is 85.5. The smallest absolute Gasteiger partial charge is 0.282 e. The van der Waals surface area contributed by atoms with Gasteiger partial charge in [0.25, 0.3) is 29.1 Å². The number of thiocarbonyl (C=S) groups is 1. The summed E-state index contributed by atoms with van der Waals surface area (Å²) in [6, 6.07) is 78.7. The molecule has 8 heterocycles. The lowest BCUT2D eigenvalue weighted by Crippen LogP contribution is -2.28. The second-order valence-corrected chi connectivity index (χ2v) is 31.5. The van der Waals surface area contributed by atoms with E-state index in [1.54, 1.807) is 135 Å². The number of carbonyl (C=O) groups is 4. The molecule has 9 aromatic carbocycles. The molecule has 2 saturated heterocycles. The van der Waals surface area contributed by atoms with Crippen LogP contribution in [0.1, 0.15) is 76.7 Å². The van der Waals surface area contributed by atoms with E-state index >= 15 is 0 Å². The van der Waals surface area contributed by atoms with Gasteiger partial charge in [-0.25, -0.2) is 9.90 Å². The molecule has 2 unspecified atom stereocenters. The molecular weight excluding hydrogens is 1600 g/mol. The van der Waals surface area contributed by atoms with Gasteiger partial charge >= 0.3 is 0 Å². The summed E-state index contributed by atoms with van der Waals surface area (Å²) in [6.45, 7) is 8.99. The van der Waals surface area contributed by atoms with E-state index in [1.165, 1.54) is 70.3 Å². The summed E-state index contributed by atoms with van der Waals surface area (Å²) in [5.74, 6) is -0.823. The van der Waals surface area contributed by atoms with Crippen molar-refractivity contribution < 1.29 is 53.7 Å². The number of hydrazone groups is 3. The Morgan fingerprint density at radius 3 is 1.95 bits per heavy atom. The lowest BCUT2D eigenvalue weighted by molar-refractivity contribution is -0.384. The number of nitro benzene ring substituents is 2. The van der Waals surface area contributed by atoms with Gasteiger partial charge in [-0.1, -0.05) is 181 Å². The summed E-state index contributed by atoms with van der Waals surface area (Å²) in [5, 5.41) is 69.6. The first-order valence-corrected chi connectivity index (χ1v) is 39.9. The number of rotatable bonds is 15. The van der Waals surface area contributed by atoms with Gasteiger partial charge in [0.15, 0.2) is 5.79 Å². The number of aryl methyl sites for hydroxylation is 2. The third kappa shape index (κ3) is 21.9. The number of carbonyl (C=O) groups excluding carboxylic acids is 4. The molecule has 120 heavy (non-hydrogen) atoms. The molecule has 17 rings (SSSR count). The first-order chi connectivity index (χ1) is 57.8. The second-order valence-electron chi connectivity index (χ2n) is 27.2. The standard InChI is InChI=1S/C18H17N3O.C17H15N3O2.C16H15N3O2S.C15H10N2O4S2.C14H9NOS.C10H11NO3/c1-12-9-14(10-13(2)18(12)22)11-20-21-16-7-3-5-15-6-4-8-19-17(15)16;1-13-16(12-19(22)14-8-4-2-5-9-14)17(21)20(18-13)15-10-6-3-7-11-15;1-16(13-7-9-14(10-8-13)19(20)21)18-17-15(22-16)11-12-5-3-2-4-6-12;1-16-14(18)13(23-15(16)22)8-9-6-7-12(21-9)10-4-2-3-5-11(10)17(19)20;16-14-11-5-1-2-6-12(11)17-13(14)8-10-4-3-7-15-9-10;1-10(13)7-9(12)11(14-10)8-5-3-2-4-6-8/h3-11,21-22H,1-2H3;2-12,22H,1H3;2-10,18H,11H2,1H3;2-8H,1H3;1-9H;2-6,13H,7H2,1H3/b20-11+;16-12-;;2*13-8-;. The molecule has 0 radical (unpaired) electrons. The number of amides is 3. The van der Waals surface area contributed by atoms with E-state index in [9.17, 15) is 54.8 Å². The maximum atomic E-state index is 12.5. The van der Waals surface area contributed by atoms with Gasteiger partial charge in [-0.3, -0.25) is 70.3 Å². The summed E-state index contributed by atoms with van der Waals surface area (Å²) in [4.78, 5) is 85.7. The van der Waals surface area contributed by atoms with Crippen molar-refractivity contribution in [1.29, 1.82) is 0 Å². The van der Waals surface area contributed by atoms with Crippen LogP contribution in [0, 0.1) is 34.1 Å². The number of benzene rings is 9. The molecule has 2 fully saturated rings. The number of furan rings is 1. The van der Waals surface area contributed by atoms with Crippen molar-refractivity contribution in [2.24, 2.45) is 15.3 Å². The molecule has 12 aromatic rings. The maximum Gasteiger partial charge on any atom is 0.282 e. The van der Waals surface area contributed by atoms with Crippen LogP contribution in [0.15, 0.2) is 326 Å². The van der Waals surface area contributed by atoms with E-state index in [-0.39, 0.29) is 46.2 Å². The van der Waals surface area contributed by atoms with Gasteiger partial charge in [0.1, 0.15) is 31.5 Å². The van der Waals surface area contributed by atoms with Crippen LogP contribution in [0.5, 0.6) is 5.75 Å². The molecule has 0 bridgehead atoms. The predicted octanol–water partition coefficient (Wildman–Crippen LogP) is 19.0. The number of pyridine rings is 2. The van der Waals surface area contributed by atoms with Crippen molar-refractivity contribution in [2.45, 2.75) is 63.0 Å². The zero-order valence-electron chi connectivity index (χ0n) is 65.3. The van der Waals surface area contributed by atoms with E-state index in [2.05, 4.69) is 48.3 Å². The number of aromatic hydroxyl groups is 1. The molecular formula is C90H77N13O13S4. The summed E-state index contributed by atoms with van der Waals surface area (Å²) in [5.41, 5.74) is 17.8. The Kier molecular flexibility index (Phi) is 28.1. The molecule has 5 N–H and O–H groups in total. The van der Waals surface area contributed by atoms with Crippen molar-refractivity contribution in [1.82, 2.24) is 20.3 Å². The number of ketones is 1. The fraction of sp³-hybridized carbons (Fsp3) is 0.111. The number of para-hydroxylation sites is 5. The molecule has 0 spiro atoms. The number of thioether (sulfide) groups is 3. The van der Waals surface area contributed by atoms with Crippen LogP contribution in [-0.4, -0.2) is 97.8 Å². The van der Waals surface area contributed by atoms with Gasteiger partial charge in [-0.15, -0.1) is 0 Å². The highest BCUT2D eigenvalue weighted by Crippen LogP contribution is 2.42. The largest absolute Gasteiger partial charge is 0.507 e. The fourth-order valence-electron chi connectivity index (χ4n) is 12.2. The van der Waals surface area contributed by atoms with Gasteiger partial charge in [0.2, 0.25) is 5.78 Å². The number of nitrogens with zero attached hydrogens (tertiary/aromatic N) is 11. The van der Waals surface area contributed by atoms with Crippen LogP contribution < -0.4 is 26.0 Å². The summed E-state index contributed by atoms with van der Waals surface area (Å²) in [7, 11) is 1.61. The molecule has 3 aromatic heterocycles. The van der Waals surface area contributed by atoms with Gasteiger partial charge in [0, 0.05) is 78.4 Å². The van der Waals surface area contributed by atoms with E-state index < -0.39 is 15.6 Å². The average Bonchev–Trinajstić information content (AvgIpc) is 1.87. The number of aliphatic hydroxyl groups is 1. The molecule has 0 aliphatic carbocycles. The van der Waals surface area contributed by atoms with Crippen molar-refractivity contribution in [2.75, 3.05) is 27.6 Å². The minimum Gasteiger partial charge on any atom is -0.507 e. The Bertz CT molecular complexity index is 5950. The summed E-state index contributed by atoms with van der Waals surface area (Å²) < 4.78 is 6.11. The Morgan fingerprint density at radius 2 is 1.32 bits per heavy atom. The number of hydrogen-bond donors (Lipinski definition) is 5. The number of likely N-dealkylation sites (N-methyl/N-ethyl adjacent to an activating group) is 1. The Balaban J connectivity index is 0.000000133. The molecule has 3 amide bonds. The number of nitro groups is 2. The van der Waals surface area contributed by atoms with Gasteiger partial charge in [-0.05, 0) is 183 Å². The molecule has 604 valence electrons.